The third kappa shape index (κ3) is 4.87. The summed E-state index contributed by atoms with van der Waals surface area (Å²) in [6.07, 6.45) is 0. The largest absolute Gasteiger partial charge is 0.452 e. The van der Waals surface area contributed by atoms with Crippen molar-refractivity contribution in [2.24, 2.45) is 0 Å². The molecule has 0 saturated carbocycles. The van der Waals surface area contributed by atoms with Gasteiger partial charge in [0.25, 0.3) is 5.91 Å². The number of benzene rings is 2. The van der Waals surface area contributed by atoms with Crippen LogP contribution in [0.1, 0.15) is 15.9 Å². The lowest BCUT2D eigenvalue weighted by atomic mass is 10.2. The van der Waals surface area contributed by atoms with Gasteiger partial charge in [-0.3, -0.25) is 4.79 Å². The number of aryl methyl sites for hydroxylation is 1. The summed E-state index contributed by atoms with van der Waals surface area (Å²) in [6.45, 7) is 1.02. The van der Waals surface area contributed by atoms with Crippen LogP contribution in [0, 0.1) is 12.7 Å². The molecule has 0 fully saturated rings. The number of hydrogen-bond donors (Lipinski definition) is 2. The molecular formula is C17H17FN2O5S. The van der Waals surface area contributed by atoms with Gasteiger partial charge in [-0.2, -0.15) is 0 Å². The van der Waals surface area contributed by atoms with Crippen LogP contribution in [-0.2, 0) is 19.6 Å². The molecule has 0 saturated heterocycles. The number of anilines is 1. The first kappa shape index (κ1) is 19.5. The van der Waals surface area contributed by atoms with E-state index in [1.54, 1.807) is 13.0 Å². The van der Waals surface area contributed by atoms with Gasteiger partial charge in [-0.1, -0.05) is 12.1 Å². The van der Waals surface area contributed by atoms with Gasteiger partial charge >= 0.3 is 5.97 Å². The van der Waals surface area contributed by atoms with Crippen molar-refractivity contribution in [3.05, 3.63) is 59.4 Å². The van der Waals surface area contributed by atoms with Crippen molar-refractivity contribution >= 4 is 27.6 Å². The summed E-state index contributed by atoms with van der Waals surface area (Å²) >= 11 is 0. The Hall–Kier alpha value is -2.78. The summed E-state index contributed by atoms with van der Waals surface area (Å²) in [5.41, 5.74) is 0.724. The fourth-order valence-corrected chi connectivity index (χ4v) is 3.10. The molecule has 2 N–H and O–H groups in total. The average Bonchev–Trinajstić information content (AvgIpc) is 2.61. The first-order valence-electron chi connectivity index (χ1n) is 7.49. The van der Waals surface area contributed by atoms with E-state index in [2.05, 4.69) is 10.0 Å². The first-order chi connectivity index (χ1) is 12.2. The Bertz CT molecular complexity index is 944. The normalized spacial score (nSPS) is 11.0. The lowest BCUT2D eigenvalue weighted by molar-refractivity contribution is -0.119. The molecule has 0 radical (unpaired) electrons. The van der Waals surface area contributed by atoms with E-state index in [1.165, 1.54) is 37.4 Å². The minimum absolute atomic E-state index is 0.0180. The maximum Gasteiger partial charge on any atom is 0.338 e. The maximum atomic E-state index is 13.1. The molecule has 0 spiro atoms. The third-order valence-electron chi connectivity index (χ3n) is 3.42. The van der Waals surface area contributed by atoms with Crippen molar-refractivity contribution in [3.63, 3.8) is 0 Å². The summed E-state index contributed by atoms with van der Waals surface area (Å²) in [7, 11) is -2.39. The molecule has 0 bridgehead atoms. The van der Waals surface area contributed by atoms with Crippen LogP contribution in [0.15, 0.2) is 47.4 Å². The lowest BCUT2D eigenvalue weighted by Gasteiger charge is -2.10. The third-order valence-corrected chi connectivity index (χ3v) is 4.98. The molecule has 0 unspecified atom stereocenters. The zero-order valence-corrected chi connectivity index (χ0v) is 14.9. The Morgan fingerprint density at radius 2 is 1.88 bits per heavy atom. The van der Waals surface area contributed by atoms with Crippen LogP contribution in [0.3, 0.4) is 0 Å². The Morgan fingerprint density at radius 3 is 2.54 bits per heavy atom. The number of amides is 1. The van der Waals surface area contributed by atoms with Crippen LogP contribution in [0.2, 0.25) is 0 Å². The van der Waals surface area contributed by atoms with E-state index < -0.39 is 34.3 Å². The van der Waals surface area contributed by atoms with Crippen LogP contribution in [0.4, 0.5) is 10.1 Å². The fraction of sp³-hybridized carbons (Fsp3) is 0.176. The second kappa shape index (κ2) is 8.07. The van der Waals surface area contributed by atoms with Crippen LogP contribution >= 0.6 is 0 Å². The predicted octanol–water partition coefficient (Wildman–Crippen LogP) is 1.84. The van der Waals surface area contributed by atoms with Crippen molar-refractivity contribution in [2.45, 2.75) is 11.8 Å². The SMILES string of the molecule is CNS(=O)(=O)c1cc(NC(=O)COC(=O)c2cccc(F)c2)ccc1C. The van der Waals surface area contributed by atoms with Gasteiger partial charge in [-0.05, 0) is 49.9 Å². The smallest absolute Gasteiger partial charge is 0.338 e. The number of ether oxygens (including phenoxy) is 1. The standard InChI is InChI=1S/C17H17FN2O5S/c1-11-6-7-14(9-15(11)26(23,24)19-2)20-16(21)10-25-17(22)12-4-3-5-13(18)8-12/h3-9,19H,10H2,1-2H3,(H,20,21). The molecule has 0 heterocycles. The summed E-state index contributed by atoms with van der Waals surface area (Å²) in [5.74, 6) is -2.10. The van der Waals surface area contributed by atoms with E-state index in [-0.39, 0.29) is 16.1 Å². The van der Waals surface area contributed by atoms with Crippen molar-refractivity contribution in [1.82, 2.24) is 4.72 Å². The van der Waals surface area contributed by atoms with Gasteiger partial charge in [-0.15, -0.1) is 0 Å². The Morgan fingerprint density at radius 1 is 1.15 bits per heavy atom. The highest BCUT2D eigenvalue weighted by atomic mass is 32.2. The van der Waals surface area contributed by atoms with Gasteiger partial charge in [0.15, 0.2) is 6.61 Å². The Kier molecular flexibility index (Phi) is 6.06. The molecule has 0 aliphatic carbocycles. The van der Waals surface area contributed by atoms with Gasteiger partial charge in [0.1, 0.15) is 5.82 Å². The number of esters is 1. The highest BCUT2D eigenvalue weighted by Gasteiger charge is 2.16. The highest BCUT2D eigenvalue weighted by molar-refractivity contribution is 7.89. The summed E-state index contributed by atoms with van der Waals surface area (Å²) < 4.78 is 44.0. The minimum atomic E-state index is -3.68. The van der Waals surface area contributed by atoms with E-state index in [0.29, 0.717) is 5.56 Å². The molecule has 0 aromatic heterocycles. The first-order valence-corrected chi connectivity index (χ1v) is 8.98. The molecule has 1 amide bonds. The molecule has 2 rings (SSSR count). The van der Waals surface area contributed by atoms with Gasteiger partial charge in [-0.25, -0.2) is 22.3 Å². The molecule has 0 aliphatic rings. The van der Waals surface area contributed by atoms with E-state index in [4.69, 9.17) is 4.74 Å². The molecule has 138 valence electrons. The van der Waals surface area contributed by atoms with Gasteiger partial charge in [0, 0.05) is 5.69 Å². The monoisotopic (exact) mass is 380 g/mol. The number of sulfonamides is 1. The van der Waals surface area contributed by atoms with Crippen LogP contribution in [0.5, 0.6) is 0 Å². The molecule has 0 aliphatic heterocycles. The van der Waals surface area contributed by atoms with Gasteiger partial charge in [0.2, 0.25) is 10.0 Å². The number of hydrogen-bond acceptors (Lipinski definition) is 5. The Labute approximate surface area is 150 Å². The van der Waals surface area contributed by atoms with Crippen molar-refractivity contribution in [1.29, 1.82) is 0 Å². The average molecular weight is 380 g/mol. The number of rotatable bonds is 6. The van der Waals surface area contributed by atoms with Crippen molar-refractivity contribution in [3.8, 4) is 0 Å². The quantitative estimate of drug-likeness (QED) is 0.745. The fourth-order valence-electron chi connectivity index (χ4n) is 2.10. The molecule has 0 atom stereocenters. The molecular weight excluding hydrogens is 363 g/mol. The molecule has 9 heteroatoms. The molecule has 26 heavy (non-hydrogen) atoms. The maximum absolute atomic E-state index is 13.1. The van der Waals surface area contributed by atoms with E-state index in [1.807, 2.05) is 0 Å². The highest BCUT2D eigenvalue weighted by Crippen LogP contribution is 2.20. The Balaban J connectivity index is 2.02. The summed E-state index contributed by atoms with van der Waals surface area (Å²) in [4.78, 5) is 23.7. The zero-order chi connectivity index (χ0) is 19.3. The van der Waals surface area contributed by atoms with Crippen LogP contribution < -0.4 is 10.0 Å². The summed E-state index contributed by atoms with van der Waals surface area (Å²) in [5, 5.41) is 2.44. The van der Waals surface area contributed by atoms with E-state index in [0.717, 1.165) is 6.07 Å². The van der Waals surface area contributed by atoms with Gasteiger partial charge in [0.05, 0.1) is 10.5 Å². The lowest BCUT2D eigenvalue weighted by Crippen LogP contribution is -2.22. The number of halogens is 1. The van der Waals surface area contributed by atoms with Gasteiger partial charge < -0.3 is 10.1 Å². The number of carbonyl (C=O) groups excluding carboxylic acids is 2. The second-order valence-corrected chi connectivity index (χ2v) is 7.18. The van der Waals surface area contributed by atoms with E-state index >= 15 is 0 Å². The predicted molar refractivity (Wildman–Crippen MR) is 92.7 cm³/mol. The van der Waals surface area contributed by atoms with Crippen LogP contribution in [-0.4, -0.2) is 33.9 Å². The number of carbonyl (C=O) groups is 2. The van der Waals surface area contributed by atoms with Crippen molar-refractivity contribution < 1.29 is 27.1 Å². The summed E-state index contributed by atoms with van der Waals surface area (Å²) in [6, 6.07) is 9.25. The molecule has 2 aromatic carbocycles. The molecule has 7 nitrogen and oxygen atoms in total. The van der Waals surface area contributed by atoms with Crippen LogP contribution in [0.25, 0.3) is 0 Å². The number of nitrogens with one attached hydrogen (secondary N) is 2. The zero-order valence-electron chi connectivity index (χ0n) is 14.1. The molecule has 2 aromatic rings. The van der Waals surface area contributed by atoms with E-state index in [9.17, 15) is 22.4 Å². The second-order valence-electron chi connectivity index (χ2n) is 5.32. The topological polar surface area (TPSA) is 102 Å². The minimum Gasteiger partial charge on any atom is -0.452 e. The van der Waals surface area contributed by atoms with Crippen molar-refractivity contribution in [2.75, 3.05) is 19.0 Å².